The van der Waals surface area contributed by atoms with Crippen LogP contribution in [0.2, 0.25) is 0 Å². The van der Waals surface area contributed by atoms with Gasteiger partial charge in [-0.2, -0.15) is 0 Å². The van der Waals surface area contributed by atoms with Gasteiger partial charge >= 0.3 is 0 Å². The SMILES string of the molecule is O=c1[nH]c(CN2CCSc3ccccc32)nc2ccccc12. The van der Waals surface area contributed by atoms with Crippen LogP contribution in [0.5, 0.6) is 0 Å². The van der Waals surface area contributed by atoms with Gasteiger partial charge in [-0.15, -0.1) is 11.8 Å². The summed E-state index contributed by atoms with van der Waals surface area (Å²) in [6.45, 7) is 1.58. The largest absolute Gasteiger partial charge is 0.362 e. The van der Waals surface area contributed by atoms with Crippen LogP contribution < -0.4 is 10.5 Å². The van der Waals surface area contributed by atoms with E-state index in [1.807, 2.05) is 36.0 Å². The van der Waals surface area contributed by atoms with E-state index in [0.29, 0.717) is 17.8 Å². The Bertz CT molecular complexity index is 890. The van der Waals surface area contributed by atoms with Gasteiger partial charge in [0.05, 0.1) is 23.1 Å². The van der Waals surface area contributed by atoms with Gasteiger partial charge in [0, 0.05) is 17.2 Å². The van der Waals surface area contributed by atoms with Crippen LogP contribution in [0.3, 0.4) is 0 Å². The minimum absolute atomic E-state index is 0.0692. The van der Waals surface area contributed by atoms with E-state index < -0.39 is 0 Å². The molecule has 2 heterocycles. The molecule has 0 bridgehead atoms. The standard InChI is InChI=1S/C17H15N3OS/c21-17-12-5-1-2-6-13(12)18-16(19-17)11-20-9-10-22-15-8-4-3-7-14(15)20/h1-8H,9-11H2,(H,18,19,21). The fourth-order valence-corrected chi connectivity index (χ4v) is 3.83. The summed E-state index contributed by atoms with van der Waals surface area (Å²) >= 11 is 1.87. The van der Waals surface area contributed by atoms with Crippen molar-refractivity contribution in [1.82, 2.24) is 9.97 Å². The second-order valence-corrected chi connectivity index (χ2v) is 6.40. The molecule has 4 rings (SSSR count). The van der Waals surface area contributed by atoms with E-state index in [1.54, 1.807) is 6.07 Å². The molecule has 1 aliphatic rings. The van der Waals surface area contributed by atoms with Crippen molar-refractivity contribution in [3.8, 4) is 0 Å². The lowest BCUT2D eigenvalue weighted by atomic mass is 10.2. The Morgan fingerprint density at radius 3 is 2.91 bits per heavy atom. The van der Waals surface area contributed by atoms with Gasteiger partial charge in [0.2, 0.25) is 0 Å². The van der Waals surface area contributed by atoms with Crippen molar-refractivity contribution in [3.63, 3.8) is 0 Å². The zero-order chi connectivity index (χ0) is 14.9. The van der Waals surface area contributed by atoms with Crippen LogP contribution in [0, 0.1) is 0 Å². The maximum atomic E-state index is 12.2. The monoisotopic (exact) mass is 309 g/mol. The number of fused-ring (bicyclic) bond motifs is 2. The van der Waals surface area contributed by atoms with Crippen molar-refractivity contribution >= 4 is 28.4 Å². The van der Waals surface area contributed by atoms with E-state index >= 15 is 0 Å². The molecule has 0 radical (unpaired) electrons. The van der Waals surface area contributed by atoms with Gasteiger partial charge in [0.15, 0.2) is 0 Å². The second-order valence-electron chi connectivity index (χ2n) is 5.27. The Hall–Kier alpha value is -2.27. The van der Waals surface area contributed by atoms with Crippen molar-refractivity contribution in [2.75, 3.05) is 17.2 Å². The highest BCUT2D eigenvalue weighted by Gasteiger charge is 2.18. The van der Waals surface area contributed by atoms with Crippen LogP contribution in [0.15, 0.2) is 58.2 Å². The summed E-state index contributed by atoms with van der Waals surface area (Å²) in [6, 6.07) is 15.8. The van der Waals surface area contributed by atoms with E-state index in [0.717, 1.165) is 17.8 Å². The number of H-pyrrole nitrogens is 1. The highest BCUT2D eigenvalue weighted by molar-refractivity contribution is 7.99. The van der Waals surface area contributed by atoms with Gasteiger partial charge in [0.1, 0.15) is 5.82 Å². The summed E-state index contributed by atoms with van der Waals surface area (Å²) in [5.41, 5.74) is 1.90. The van der Waals surface area contributed by atoms with E-state index in [9.17, 15) is 4.79 Å². The molecule has 4 nitrogen and oxygen atoms in total. The van der Waals surface area contributed by atoms with Crippen molar-refractivity contribution in [1.29, 1.82) is 0 Å². The number of para-hydroxylation sites is 2. The van der Waals surface area contributed by atoms with Gasteiger partial charge in [-0.3, -0.25) is 4.79 Å². The summed E-state index contributed by atoms with van der Waals surface area (Å²) in [7, 11) is 0. The molecule has 1 N–H and O–H groups in total. The summed E-state index contributed by atoms with van der Waals surface area (Å²) < 4.78 is 0. The van der Waals surface area contributed by atoms with Crippen LogP contribution in [0.4, 0.5) is 5.69 Å². The summed E-state index contributed by atoms with van der Waals surface area (Å²) in [6.07, 6.45) is 0. The van der Waals surface area contributed by atoms with E-state index in [2.05, 4.69) is 33.1 Å². The molecule has 0 saturated carbocycles. The third-order valence-electron chi connectivity index (χ3n) is 3.83. The predicted molar refractivity (Wildman–Crippen MR) is 90.6 cm³/mol. The van der Waals surface area contributed by atoms with Gasteiger partial charge in [-0.05, 0) is 24.3 Å². The van der Waals surface area contributed by atoms with Crippen LogP contribution in [0.25, 0.3) is 10.9 Å². The average molecular weight is 309 g/mol. The highest BCUT2D eigenvalue weighted by Crippen LogP contribution is 2.34. The number of benzene rings is 2. The molecule has 3 aromatic rings. The number of aromatic amines is 1. The van der Waals surface area contributed by atoms with Crippen molar-refractivity contribution in [2.45, 2.75) is 11.4 Å². The van der Waals surface area contributed by atoms with Crippen molar-refractivity contribution in [3.05, 3.63) is 64.7 Å². The van der Waals surface area contributed by atoms with E-state index in [4.69, 9.17) is 0 Å². The number of aromatic nitrogens is 2. The molecule has 0 fully saturated rings. The lowest BCUT2D eigenvalue weighted by molar-refractivity contribution is 0.771. The van der Waals surface area contributed by atoms with Crippen LogP contribution in [-0.2, 0) is 6.54 Å². The molecule has 1 aromatic heterocycles. The topological polar surface area (TPSA) is 49.0 Å². The Morgan fingerprint density at radius 2 is 1.95 bits per heavy atom. The van der Waals surface area contributed by atoms with Gasteiger partial charge in [0.25, 0.3) is 5.56 Å². The lowest BCUT2D eigenvalue weighted by Gasteiger charge is -2.30. The Kier molecular flexibility index (Phi) is 3.35. The molecule has 0 saturated heterocycles. The first-order valence-corrected chi connectivity index (χ1v) is 8.24. The smallest absolute Gasteiger partial charge is 0.258 e. The van der Waals surface area contributed by atoms with Crippen molar-refractivity contribution in [2.24, 2.45) is 0 Å². The fraction of sp³-hybridized carbons (Fsp3) is 0.176. The first-order chi connectivity index (χ1) is 10.8. The number of anilines is 1. The summed E-state index contributed by atoms with van der Waals surface area (Å²) in [5.74, 6) is 1.76. The number of thioether (sulfide) groups is 1. The maximum Gasteiger partial charge on any atom is 0.258 e. The van der Waals surface area contributed by atoms with Crippen LogP contribution >= 0.6 is 11.8 Å². The normalized spacial score (nSPS) is 14.1. The number of hydrogen-bond donors (Lipinski definition) is 1. The summed E-state index contributed by atoms with van der Waals surface area (Å²) in [5, 5.41) is 0.640. The minimum atomic E-state index is -0.0692. The molecule has 5 heteroatoms. The predicted octanol–water partition coefficient (Wildman–Crippen LogP) is 3.04. The Labute approximate surface area is 132 Å². The number of hydrogen-bond acceptors (Lipinski definition) is 4. The van der Waals surface area contributed by atoms with Gasteiger partial charge in [-0.1, -0.05) is 24.3 Å². The molecule has 2 aromatic carbocycles. The molecule has 0 atom stereocenters. The molecular formula is C17H15N3OS. The zero-order valence-corrected chi connectivity index (χ0v) is 12.8. The average Bonchev–Trinajstić information content (AvgIpc) is 2.55. The van der Waals surface area contributed by atoms with Crippen molar-refractivity contribution < 1.29 is 0 Å². The molecule has 22 heavy (non-hydrogen) atoms. The van der Waals surface area contributed by atoms with E-state index in [1.165, 1.54) is 10.6 Å². The fourth-order valence-electron chi connectivity index (χ4n) is 2.78. The van der Waals surface area contributed by atoms with Gasteiger partial charge < -0.3 is 9.88 Å². The third-order valence-corrected chi connectivity index (χ3v) is 4.87. The third kappa shape index (κ3) is 2.37. The first-order valence-electron chi connectivity index (χ1n) is 7.26. The zero-order valence-electron chi connectivity index (χ0n) is 12.0. The molecular weight excluding hydrogens is 294 g/mol. The van der Waals surface area contributed by atoms with E-state index in [-0.39, 0.29) is 5.56 Å². The number of nitrogens with one attached hydrogen (secondary N) is 1. The molecule has 1 aliphatic heterocycles. The second kappa shape index (κ2) is 5.50. The summed E-state index contributed by atoms with van der Waals surface area (Å²) in [4.78, 5) is 23.2. The maximum absolute atomic E-state index is 12.2. The molecule has 0 amide bonds. The molecule has 0 unspecified atom stereocenters. The Balaban J connectivity index is 1.72. The Morgan fingerprint density at radius 1 is 1.14 bits per heavy atom. The molecule has 110 valence electrons. The van der Waals surface area contributed by atoms with Crippen LogP contribution in [0.1, 0.15) is 5.82 Å². The number of nitrogens with zero attached hydrogens (tertiary/aromatic N) is 2. The minimum Gasteiger partial charge on any atom is -0.362 e. The molecule has 0 spiro atoms. The molecule has 0 aliphatic carbocycles. The quantitative estimate of drug-likeness (QED) is 0.790. The highest BCUT2D eigenvalue weighted by atomic mass is 32.2. The van der Waals surface area contributed by atoms with Gasteiger partial charge in [-0.25, -0.2) is 4.98 Å². The van der Waals surface area contributed by atoms with Crippen LogP contribution in [-0.4, -0.2) is 22.3 Å². The lowest BCUT2D eigenvalue weighted by Crippen LogP contribution is -2.30. The first kappa shape index (κ1) is 13.4. The number of rotatable bonds is 2.